The first kappa shape index (κ1) is 45.6. The molecule has 0 radical (unpaired) electrons. The molecular formula is C25H24F9N4O11PS2. The van der Waals surface area contributed by atoms with Crippen LogP contribution in [0.5, 0.6) is 17.2 Å². The summed E-state index contributed by atoms with van der Waals surface area (Å²) in [6.45, 7) is -0.257. The molecule has 0 aliphatic rings. The number of thiophene rings is 1. The number of nitrogens with one attached hydrogen (secondary N) is 1. The molecule has 0 amide bonds. The van der Waals surface area contributed by atoms with Gasteiger partial charge in [-0.3, -0.25) is 0 Å². The number of hydrogen-bond acceptors (Lipinski definition) is 12. The molecule has 3 aromatic rings. The Morgan fingerprint density at radius 3 is 1.83 bits per heavy atom. The molecule has 0 aliphatic carbocycles. The smallest absolute Gasteiger partial charge is 0.488 e. The highest BCUT2D eigenvalue weighted by Gasteiger charge is 2.44. The number of alkyl halides is 9. The molecular weight excluding hydrogens is 798 g/mol. The zero-order valence-corrected chi connectivity index (χ0v) is 27.9. The number of hydrogen-bond donors (Lipinski definition) is 6. The van der Waals surface area contributed by atoms with Crippen molar-refractivity contribution in [3.8, 4) is 23.3 Å². The lowest BCUT2D eigenvalue weighted by Gasteiger charge is -2.16. The monoisotopic (exact) mass is 822 g/mol. The number of carbonyl (C=O) groups is 2. The number of fused-ring (bicyclic) bond motifs is 1. The van der Waals surface area contributed by atoms with Crippen LogP contribution < -0.4 is 30.2 Å². The molecule has 52 heavy (non-hydrogen) atoms. The SMILES string of the molecule is N#Cc1c(OCCN)c(OCCN)cc2sc(S(=O)(=O)NCP(=O)(O)Oc3ccccc3)c(C(F)(F)F)c12.O=C(O)C(F)(F)F.O=C(O)C(F)(F)F. The number of sulfonamides is 1. The molecule has 0 aliphatic heterocycles. The summed E-state index contributed by atoms with van der Waals surface area (Å²) >= 11 is 0.197. The number of nitriles is 1. The van der Waals surface area contributed by atoms with Gasteiger partial charge in [0, 0.05) is 29.2 Å². The molecule has 0 bridgehead atoms. The van der Waals surface area contributed by atoms with E-state index in [0.717, 1.165) is 6.07 Å². The molecule has 3 rings (SSSR count). The van der Waals surface area contributed by atoms with Crippen molar-refractivity contribution in [1.29, 1.82) is 5.26 Å². The average Bonchev–Trinajstić information content (AvgIpc) is 3.42. The molecule has 0 fully saturated rings. The highest BCUT2D eigenvalue weighted by Crippen LogP contribution is 2.50. The number of nitrogens with zero attached hydrogens (tertiary/aromatic N) is 1. The van der Waals surface area contributed by atoms with Crippen molar-refractivity contribution < 1.29 is 91.2 Å². The molecule has 1 unspecified atom stereocenters. The van der Waals surface area contributed by atoms with Crippen LogP contribution in [-0.2, 0) is 30.4 Å². The van der Waals surface area contributed by atoms with Crippen molar-refractivity contribution in [2.75, 3.05) is 32.6 Å². The number of para-hydroxylation sites is 1. The molecule has 0 saturated heterocycles. The number of rotatable bonds is 12. The van der Waals surface area contributed by atoms with Crippen molar-refractivity contribution in [3.05, 3.63) is 47.5 Å². The molecule has 0 saturated carbocycles. The molecule has 2 aromatic carbocycles. The van der Waals surface area contributed by atoms with Crippen LogP contribution in [0.15, 0.2) is 40.6 Å². The van der Waals surface area contributed by atoms with E-state index in [1.165, 1.54) is 24.3 Å². The highest BCUT2D eigenvalue weighted by molar-refractivity contribution is 7.92. The Labute approximate surface area is 289 Å². The third kappa shape index (κ3) is 13.6. The maximum atomic E-state index is 14.3. The first-order valence-corrected chi connectivity index (χ1v) is 17.2. The lowest BCUT2D eigenvalue weighted by atomic mass is 10.0. The van der Waals surface area contributed by atoms with E-state index in [2.05, 4.69) is 0 Å². The van der Waals surface area contributed by atoms with E-state index in [0.29, 0.717) is 0 Å². The molecule has 1 aromatic heterocycles. The van der Waals surface area contributed by atoms with Crippen molar-refractivity contribution >= 4 is 51.0 Å². The van der Waals surface area contributed by atoms with Gasteiger partial charge in [0.1, 0.15) is 41.1 Å². The number of benzene rings is 2. The van der Waals surface area contributed by atoms with Gasteiger partial charge in [0.15, 0.2) is 11.5 Å². The van der Waals surface area contributed by atoms with Crippen LogP contribution in [0, 0.1) is 11.3 Å². The normalized spacial score (nSPS) is 13.0. The number of carboxylic acid groups (broad SMARTS) is 2. The summed E-state index contributed by atoms with van der Waals surface area (Å²) in [7, 11) is -9.70. The largest absolute Gasteiger partial charge is 0.490 e. The summed E-state index contributed by atoms with van der Waals surface area (Å²) in [6.07, 6.45) is -16.6. The molecule has 8 N–H and O–H groups in total. The number of halogens is 9. The van der Waals surface area contributed by atoms with Crippen LogP contribution in [0.1, 0.15) is 11.1 Å². The number of ether oxygens (including phenoxy) is 2. The summed E-state index contributed by atoms with van der Waals surface area (Å²) in [6, 6.07) is 10.0. The maximum absolute atomic E-state index is 14.3. The van der Waals surface area contributed by atoms with Crippen LogP contribution >= 0.6 is 18.9 Å². The second-order valence-corrected chi connectivity index (χ2v) is 13.8. The predicted octanol–water partition coefficient (Wildman–Crippen LogP) is 4.23. The predicted molar refractivity (Wildman–Crippen MR) is 160 cm³/mol. The summed E-state index contributed by atoms with van der Waals surface area (Å²) in [4.78, 5) is 27.8. The van der Waals surface area contributed by atoms with Gasteiger partial charge in [0.25, 0.3) is 10.0 Å². The fourth-order valence-corrected chi connectivity index (χ4v) is 7.58. The molecule has 1 heterocycles. The van der Waals surface area contributed by atoms with Crippen molar-refractivity contribution in [3.63, 3.8) is 0 Å². The fraction of sp³-hybridized carbons (Fsp3) is 0.320. The molecule has 290 valence electrons. The summed E-state index contributed by atoms with van der Waals surface area (Å²) in [5, 5.41) is 23.3. The van der Waals surface area contributed by atoms with Crippen LogP contribution in [0.4, 0.5) is 39.5 Å². The Bertz CT molecular complexity index is 1880. The van der Waals surface area contributed by atoms with Gasteiger partial charge >= 0.3 is 38.1 Å². The summed E-state index contributed by atoms with van der Waals surface area (Å²) < 4.78 is 161. The third-order valence-corrected chi connectivity index (χ3v) is 9.50. The topological polar surface area (TPSA) is 262 Å². The van der Waals surface area contributed by atoms with E-state index in [-0.39, 0.29) is 59.6 Å². The van der Waals surface area contributed by atoms with Gasteiger partial charge in [-0.25, -0.2) is 22.6 Å². The highest BCUT2D eigenvalue weighted by atomic mass is 32.2. The van der Waals surface area contributed by atoms with Crippen molar-refractivity contribution in [1.82, 2.24) is 4.72 Å². The summed E-state index contributed by atoms with van der Waals surface area (Å²) in [5.74, 6) is -6.05. The number of aliphatic carboxylic acids is 2. The Morgan fingerprint density at radius 1 is 0.923 bits per heavy atom. The molecule has 1 atom stereocenters. The van der Waals surface area contributed by atoms with E-state index in [9.17, 15) is 62.7 Å². The Kier molecular flexibility index (Phi) is 16.1. The van der Waals surface area contributed by atoms with E-state index in [1.54, 1.807) is 16.9 Å². The second-order valence-electron chi connectivity index (χ2n) is 9.05. The van der Waals surface area contributed by atoms with Gasteiger partial charge in [-0.05, 0) is 12.1 Å². The van der Waals surface area contributed by atoms with E-state index < -0.39 is 75.1 Å². The molecule has 27 heteroatoms. The van der Waals surface area contributed by atoms with Gasteiger partial charge in [-0.2, -0.15) is 49.5 Å². The summed E-state index contributed by atoms with van der Waals surface area (Å²) in [5.41, 5.74) is 8.60. The first-order valence-electron chi connectivity index (χ1n) is 13.2. The lowest BCUT2D eigenvalue weighted by Crippen LogP contribution is -2.27. The molecule has 15 nitrogen and oxygen atoms in total. The van der Waals surface area contributed by atoms with Crippen molar-refractivity contribution in [2.45, 2.75) is 22.7 Å². The molecule has 0 spiro atoms. The van der Waals surface area contributed by atoms with Crippen LogP contribution in [-0.4, -0.2) is 80.4 Å². The lowest BCUT2D eigenvalue weighted by molar-refractivity contribution is -0.193. The van der Waals surface area contributed by atoms with E-state index >= 15 is 0 Å². The van der Waals surface area contributed by atoms with Gasteiger partial charge < -0.3 is 40.6 Å². The standard InChI is InChI=1S/C21H22F3N4O7PS2.2C2HF3O2/c22-21(23,24)18-17-14(11-27)19(34-9-7-26)15(33-8-6-25)10-16(17)37-20(18)38(31,32)28-12-36(29,30)35-13-4-2-1-3-5-13;2*3-2(4,5)1(6)7/h1-5,10,28H,6-9,12,25-26H2,(H,29,30);2*(H,6,7). The average molecular weight is 823 g/mol. The van der Waals surface area contributed by atoms with E-state index in [4.69, 9.17) is 45.3 Å². The minimum atomic E-state index is -5.25. The Morgan fingerprint density at radius 2 is 1.40 bits per heavy atom. The fourth-order valence-electron chi connectivity index (χ4n) is 3.24. The zero-order chi connectivity index (χ0) is 40.3. The van der Waals surface area contributed by atoms with Gasteiger partial charge in [-0.1, -0.05) is 18.2 Å². The van der Waals surface area contributed by atoms with Gasteiger partial charge in [-0.15, -0.1) is 11.3 Å². The maximum Gasteiger partial charge on any atom is 0.490 e. The Hall–Kier alpha value is -4.38. The second kappa shape index (κ2) is 18.4. The van der Waals surface area contributed by atoms with Gasteiger partial charge in [0.2, 0.25) is 0 Å². The van der Waals surface area contributed by atoms with Crippen LogP contribution in [0.2, 0.25) is 0 Å². The number of carboxylic acids is 2. The minimum Gasteiger partial charge on any atom is -0.488 e. The van der Waals surface area contributed by atoms with Crippen LogP contribution in [0.3, 0.4) is 0 Å². The third-order valence-electron chi connectivity index (χ3n) is 5.18. The Balaban J connectivity index is 0.000000812. The number of nitrogens with two attached hydrogens (primary N) is 2. The van der Waals surface area contributed by atoms with E-state index in [1.807, 2.05) is 0 Å². The minimum absolute atomic E-state index is 0.0321. The van der Waals surface area contributed by atoms with Crippen LogP contribution in [0.25, 0.3) is 10.1 Å². The van der Waals surface area contributed by atoms with Gasteiger partial charge in [0.05, 0.1) is 5.56 Å². The first-order chi connectivity index (χ1) is 23.7. The van der Waals surface area contributed by atoms with Crippen molar-refractivity contribution in [2.24, 2.45) is 11.5 Å². The zero-order valence-electron chi connectivity index (χ0n) is 25.4. The quantitative estimate of drug-likeness (QED) is 0.110.